The summed E-state index contributed by atoms with van der Waals surface area (Å²) in [5.41, 5.74) is 0. The molecule has 1 rings (SSSR count). The highest BCUT2D eigenvalue weighted by Gasteiger charge is 2.13. The summed E-state index contributed by atoms with van der Waals surface area (Å²) in [5.74, 6) is 0. The van der Waals surface area contributed by atoms with Crippen molar-refractivity contribution >= 4 is 24.1 Å². The van der Waals surface area contributed by atoms with E-state index in [0.717, 1.165) is 0 Å². The van der Waals surface area contributed by atoms with Crippen LogP contribution in [0.4, 0.5) is 19.2 Å². The van der Waals surface area contributed by atoms with Gasteiger partial charge in [-0.25, -0.2) is 19.2 Å². The van der Waals surface area contributed by atoms with Crippen molar-refractivity contribution in [2.75, 3.05) is 32.7 Å². The van der Waals surface area contributed by atoms with E-state index < -0.39 is 24.1 Å². The van der Waals surface area contributed by atoms with Gasteiger partial charge in [0.2, 0.25) is 0 Å². The molecule has 1 heterocycles. The van der Waals surface area contributed by atoms with Crippen LogP contribution < -0.4 is 42.5 Å². The number of hydrogen-bond donors (Lipinski definition) is 8. The number of carbonyl (C=O) groups is 4. The number of urea groups is 4. The van der Waals surface area contributed by atoms with Crippen molar-refractivity contribution in [1.82, 2.24) is 42.5 Å². The Morgan fingerprint density at radius 3 is 1.22 bits per heavy atom. The molecule has 1 saturated heterocycles. The fourth-order valence-corrected chi connectivity index (χ4v) is 2.13. The summed E-state index contributed by atoms with van der Waals surface area (Å²) >= 11 is 0. The SMILES string of the molecule is C[C@@H]1CNC(=O)N[C@@H](C)CNC(=O)NCCNC(=O)N[C@@H](C)CNC(=O)N1. The van der Waals surface area contributed by atoms with Crippen LogP contribution in [-0.2, 0) is 0 Å². The molecule has 27 heavy (non-hydrogen) atoms. The lowest BCUT2D eigenvalue weighted by Crippen LogP contribution is -2.53. The molecule has 8 N–H and O–H groups in total. The van der Waals surface area contributed by atoms with Gasteiger partial charge in [-0.2, -0.15) is 0 Å². The first-order valence-corrected chi connectivity index (χ1v) is 8.91. The van der Waals surface area contributed by atoms with Gasteiger partial charge in [0.05, 0.1) is 0 Å². The molecule has 154 valence electrons. The number of hydrogen-bond acceptors (Lipinski definition) is 4. The van der Waals surface area contributed by atoms with E-state index in [1.54, 1.807) is 20.8 Å². The first kappa shape index (κ1) is 22.1. The minimum atomic E-state index is -0.395. The summed E-state index contributed by atoms with van der Waals surface area (Å²) in [6, 6.07) is -2.46. The van der Waals surface area contributed by atoms with Gasteiger partial charge in [-0.1, -0.05) is 0 Å². The second-order valence-corrected chi connectivity index (χ2v) is 6.45. The van der Waals surface area contributed by atoms with Gasteiger partial charge in [0, 0.05) is 50.8 Å². The van der Waals surface area contributed by atoms with Crippen LogP contribution in [0.2, 0.25) is 0 Å². The average molecular weight is 386 g/mol. The van der Waals surface area contributed by atoms with Crippen LogP contribution in [0, 0.1) is 0 Å². The highest BCUT2D eigenvalue weighted by molar-refractivity contribution is 5.77. The van der Waals surface area contributed by atoms with E-state index in [4.69, 9.17) is 0 Å². The van der Waals surface area contributed by atoms with Crippen LogP contribution in [0.5, 0.6) is 0 Å². The van der Waals surface area contributed by atoms with Gasteiger partial charge >= 0.3 is 24.1 Å². The fourth-order valence-electron chi connectivity index (χ4n) is 2.13. The number of rotatable bonds is 0. The van der Waals surface area contributed by atoms with Gasteiger partial charge in [-0.05, 0) is 20.8 Å². The number of nitrogens with one attached hydrogen (secondary N) is 8. The van der Waals surface area contributed by atoms with Gasteiger partial charge in [0.1, 0.15) is 0 Å². The van der Waals surface area contributed by atoms with E-state index in [0.29, 0.717) is 0 Å². The Bertz CT molecular complexity index is 530. The quantitative estimate of drug-likeness (QED) is 0.250. The highest BCUT2D eigenvalue weighted by atomic mass is 16.2. The Morgan fingerprint density at radius 2 is 0.815 bits per heavy atom. The predicted molar refractivity (Wildman–Crippen MR) is 99.4 cm³/mol. The molecular formula is C15H30N8O4. The third kappa shape index (κ3) is 10.6. The molecule has 0 radical (unpaired) electrons. The van der Waals surface area contributed by atoms with Gasteiger partial charge in [0.25, 0.3) is 0 Å². The fraction of sp³-hybridized carbons (Fsp3) is 0.733. The van der Waals surface area contributed by atoms with E-state index in [9.17, 15) is 19.2 Å². The Kier molecular flexibility index (Phi) is 9.54. The molecule has 0 aromatic carbocycles. The highest BCUT2D eigenvalue weighted by Crippen LogP contribution is 1.85. The lowest BCUT2D eigenvalue weighted by Gasteiger charge is -2.20. The monoisotopic (exact) mass is 386 g/mol. The first-order valence-electron chi connectivity index (χ1n) is 8.91. The van der Waals surface area contributed by atoms with Crippen LogP contribution in [0.15, 0.2) is 0 Å². The number of amides is 8. The molecule has 0 spiro atoms. The van der Waals surface area contributed by atoms with Gasteiger partial charge in [0.15, 0.2) is 0 Å². The van der Waals surface area contributed by atoms with Gasteiger partial charge in [-0.15, -0.1) is 0 Å². The molecule has 0 aliphatic carbocycles. The van der Waals surface area contributed by atoms with E-state index in [1.165, 1.54) is 0 Å². The normalized spacial score (nSPS) is 27.1. The average Bonchev–Trinajstić information content (AvgIpc) is 2.59. The molecule has 12 nitrogen and oxygen atoms in total. The summed E-state index contributed by atoms with van der Waals surface area (Å²) in [6.45, 7) is 6.43. The van der Waals surface area contributed by atoms with Gasteiger partial charge < -0.3 is 42.5 Å². The zero-order valence-electron chi connectivity index (χ0n) is 15.9. The molecule has 1 fully saturated rings. The zero-order chi connectivity index (χ0) is 20.2. The molecule has 0 saturated carbocycles. The van der Waals surface area contributed by atoms with Crippen molar-refractivity contribution in [3.63, 3.8) is 0 Å². The predicted octanol–water partition coefficient (Wildman–Crippen LogP) is -1.64. The zero-order valence-corrected chi connectivity index (χ0v) is 15.9. The molecule has 12 heteroatoms. The van der Waals surface area contributed by atoms with Crippen LogP contribution in [0.1, 0.15) is 20.8 Å². The summed E-state index contributed by atoms with van der Waals surface area (Å²) in [4.78, 5) is 47.1. The standard InChI is InChI=1S/C15H30N8O4/c1-9-6-18-12(24)16-4-5-17-13(25)21-10(2)7-19-15(27)23-11(3)8-20-14(26)22-9/h9-11H,4-8H2,1-3H3,(H2,16,18,24)(H2,17,21,25)(H2,19,23,27)(H2,20,22,26)/t9-,10-,11+/m0/s1. The van der Waals surface area contributed by atoms with E-state index in [1.807, 2.05) is 0 Å². The Hall–Kier alpha value is -2.92. The van der Waals surface area contributed by atoms with Crippen LogP contribution >= 0.6 is 0 Å². The van der Waals surface area contributed by atoms with Crippen LogP contribution in [0.3, 0.4) is 0 Å². The minimum Gasteiger partial charge on any atom is -0.336 e. The second kappa shape index (κ2) is 11.6. The Morgan fingerprint density at radius 1 is 0.519 bits per heavy atom. The van der Waals surface area contributed by atoms with Crippen molar-refractivity contribution in [2.24, 2.45) is 0 Å². The Balaban J connectivity index is 2.57. The van der Waals surface area contributed by atoms with Crippen LogP contribution in [-0.4, -0.2) is 75.0 Å². The Labute approximate surface area is 158 Å². The maximum Gasteiger partial charge on any atom is 0.315 e. The largest absolute Gasteiger partial charge is 0.336 e. The van der Waals surface area contributed by atoms with E-state index >= 15 is 0 Å². The van der Waals surface area contributed by atoms with Crippen molar-refractivity contribution in [1.29, 1.82) is 0 Å². The van der Waals surface area contributed by atoms with Crippen molar-refractivity contribution < 1.29 is 19.2 Å². The maximum atomic E-state index is 11.8. The van der Waals surface area contributed by atoms with Crippen LogP contribution in [0.25, 0.3) is 0 Å². The lowest BCUT2D eigenvalue weighted by molar-refractivity contribution is 0.227. The van der Waals surface area contributed by atoms with E-state index in [-0.39, 0.29) is 50.8 Å². The third-order valence-electron chi connectivity index (χ3n) is 3.54. The summed E-state index contributed by atoms with van der Waals surface area (Å²) in [6.07, 6.45) is 0. The molecule has 0 aromatic heterocycles. The molecule has 8 amide bonds. The molecule has 0 aromatic rings. The molecule has 1 aliphatic rings. The summed E-state index contributed by atoms with van der Waals surface area (Å²) < 4.78 is 0. The molecule has 3 atom stereocenters. The maximum absolute atomic E-state index is 11.8. The molecule has 1 aliphatic heterocycles. The van der Waals surface area contributed by atoms with Crippen molar-refractivity contribution in [3.05, 3.63) is 0 Å². The first-order chi connectivity index (χ1) is 12.8. The molecule has 0 unspecified atom stereocenters. The minimum absolute atomic E-state index is 0.232. The second-order valence-electron chi connectivity index (χ2n) is 6.45. The smallest absolute Gasteiger partial charge is 0.315 e. The topological polar surface area (TPSA) is 165 Å². The molecule has 0 bridgehead atoms. The van der Waals surface area contributed by atoms with Gasteiger partial charge in [-0.3, -0.25) is 0 Å². The molecular weight excluding hydrogens is 356 g/mol. The van der Waals surface area contributed by atoms with E-state index in [2.05, 4.69) is 42.5 Å². The lowest BCUT2D eigenvalue weighted by atomic mass is 10.3. The summed E-state index contributed by atoms with van der Waals surface area (Å²) in [7, 11) is 0. The van der Waals surface area contributed by atoms with Crippen molar-refractivity contribution in [3.8, 4) is 0 Å². The van der Waals surface area contributed by atoms with Crippen molar-refractivity contribution in [2.45, 2.75) is 38.9 Å². The number of carbonyl (C=O) groups excluding carboxylic acids is 4. The third-order valence-corrected chi connectivity index (χ3v) is 3.54. The summed E-state index contributed by atoms with van der Waals surface area (Å²) in [5, 5.41) is 21.1.